The first-order chi connectivity index (χ1) is 9.85. The average molecular weight is 301 g/mol. The second-order valence-electron chi connectivity index (χ2n) is 4.22. The van der Waals surface area contributed by atoms with Crippen LogP contribution in [0.5, 0.6) is 0 Å². The van der Waals surface area contributed by atoms with E-state index in [4.69, 9.17) is 24.5 Å². The zero-order valence-electron chi connectivity index (χ0n) is 11.7. The van der Waals surface area contributed by atoms with Crippen LogP contribution in [0.1, 0.15) is 20.8 Å². The first kappa shape index (κ1) is 16.7. The fraction of sp³-hybridized carbons (Fsp3) is 0.727. The van der Waals surface area contributed by atoms with Crippen LogP contribution in [0, 0.1) is 0 Å². The quantitative estimate of drug-likeness (QED) is 0.241. The van der Waals surface area contributed by atoms with Crippen molar-refractivity contribution in [3.63, 3.8) is 0 Å². The predicted molar refractivity (Wildman–Crippen MR) is 65.5 cm³/mol. The lowest BCUT2D eigenvalue weighted by molar-refractivity contribution is -0.224. The van der Waals surface area contributed by atoms with Crippen molar-refractivity contribution in [1.82, 2.24) is 0 Å². The van der Waals surface area contributed by atoms with Crippen LogP contribution in [0.3, 0.4) is 0 Å². The number of ether oxygens (including phenoxy) is 4. The summed E-state index contributed by atoms with van der Waals surface area (Å²) in [6.07, 6.45) is -4.49. The Morgan fingerprint density at radius 3 is 2.05 bits per heavy atom. The van der Waals surface area contributed by atoms with Crippen LogP contribution in [0.25, 0.3) is 10.4 Å². The van der Waals surface area contributed by atoms with Gasteiger partial charge in [-0.05, 0) is 5.53 Å². The van der Waals surface area contributed by atoms with E-state index in [1.807, 2.05) is 0 Å². The molecule has 1 aliphatic rings. The Labute approximate surface area is 119 Å². The Morgan fingerprint density at radius 1 is 1.05 bits per heavy atom. The summed E-state index contributed by atoms with van der Waals surface area (Å²) in [6.45, 7) is 3.28. The molecular weight excluding hydrogens is 286 g/mol. The van der Waals surface area contributed by atoms with Gasteiger partial charge in [-0.15, -0.1) is 0 Å². The normalized spacial score (nSPS) is 28.0. The zero-order chi connectivity index (χ0) is 16.0. The van der Waals surface area contributed by atoms with Crippen LogP contribution in [0.4, 0.5) is 0 Å². The second-order valence-corrected chi connectivity index (χ2v) is 4.22. The average Bonchev–Trinajstić information content (AvgIpc) is 2.35. The molecule has 0 aliphatic carbocycles. The molecule has 0 N–H and O–H groups in total. The Hall–Kier alpha value is -2.32. The highest BCUT2D eigenvalue weighted by molar-refractivity contribution is 5.68. The van der Waals surface area contributed by atoms with Gasteiger partial charge in [0.2, 0.25) is 0 Å². The maximum atomic E-state index is 11.2. The van der Waals surface area contributed by atoms with Crippen molar-refractivity contribution in [2.45, 2.75) is 45.3 Å². The number of carbonyl (C=O) groups excluding carboxylic acids is 3. The minimum atomic E-state index is -1.21. The highest BCUT2D eigenvalue weighted by atomic mass is 16.6. The summed E-state index contributed by atoms with van der Waals surface area (Å²) in [5.41, 5.74) is 8.49. The van der Waals surface area contributed by atoms with Gasteiger partial charge in [-0.25, -0.2) is 0 Å². The zero-order valence-corrected chi connectivity index (χ0v) is 11.7. The van der Waals surface area contributed by atoms with E-state index in [9.17, 15) is 14.4 Å². The van der Waals surface area contributed by atoms with E-state index < -0.39 is 42.4 Å². The summed E-state index contributed by atoms with van der Waals surface area (Å²) in [5.74, 6) is -1.98. The molecule has 116 valence electrons. The van der Waals surface area contributed by atoms with Crippen LogP contribution >= 0.6 is 0 Å². The molecule has 0 aromatic carbocycles. The van der Waals surface area contributed by atoms with Gasteiger partial charge in [-0.1, -0.05) is 5.11 Å². The lowest BCUT2D eigenvalue weighted by Crippen LogP contribution is -2.56. The smallest absolute Gasteiger partial charge is 0.303 e. The van der Waals surface area contributed by atoms with Gasteiger partial charge in [0.15, 0.2) is 24.5 Å². The fourth-order valence-corrected chi connectivity index (χ4v) is 1.87. The molecule has 0 aromatic rings. The standard InChI is InChI=1S/C11H15N3O7/c1-5(15)19-8-4-18-11(13-14-12)10(21-7(3)17)9(8)20-6(2)16/h8-11H,4H2,1-3H3. The van der Waals surface area contributed by atoms with Crippen molar-refractivity contribution in [3.05, 3.63) is 10.4 Å². The highest BCUT2D eigenvalue weighted by Gasteiger charge is 2.46. The van der Waals surface area contributed by atoms with Crippen molar-refractivity contribution in [3.8, 4) is 0 Å². The molecule has 0 spiro atoms. The van der Waals surface area contributed by atoms with Crippen LogP contribution in [0.2, 0.25) is 0 Å². The molecule has 0 radical (unpaired) electrons. The summed E-state index contributed by atoms with van der Waals surface area (Å²) >= 11 is 0. The van der Waals surface area contributed by atoms with Crippen LogP contribution < -0.4 is 0 Å². The Kier molecular flexibility index (Phi) is 5.94. The molecule has 0 saturated carbocycles. The topological polar surface area (TPSA) is 137 Å². The van der Waals surface area contributed by atoms with E-state index >= 15 is 0 Å². The largest absolute Gasteiger partial charge is 0.456 e. The molecule has 0 amide bonds. The van der Waals surface area contributed by atoms with Gasteiger partial charge in [-0.3, -0.25) is 14.4 Å². The molecule has 4 atom stereocenters. The number of carbonyl (C=O) groups is 3. The molecule has 0 aromatic heterocycles. The maximum Gasteiger partial charge on any atom is 0.303 e. The van der Waals surface area contributed by atoms with Gasteiger partial charge >= 0.3 is 17.9 Å². The molecule has 1 aliphatic heterocycles. The molecular formula is C11H15N3O7. The molecule has 1 saturated heterocycles. The van der Waals surface area contributed by atoms with Crippen molar-refractivity contribution in [1.29, 1.82) is 0 Å². The van der Waals surface area contributed by atoms with Gasteiger partial charge in [0.1, 0.15) is 0 Å². The van der Waals surface area contributed by atoms with Crippen molar-refractivity contribution in [2.75, 3.05) is 6.61 Å². The molecule has 10 nitrogen and oxygen atoms in total. The van der Waals surface area contributed by atoms with E-state index in [-0.39, 0.29) is 6.61 Å². The summed E-state index contributed by atoms with van der Waals surface area (Å²) in [4.78, 5) is 36.0. The Morgan fingerprint density at radius 2 is 1.57 bits per heavy atom. The van der Waals surface area contributed by atoms with E-state index in [1.54, 1.807) is 0 Å². The third-order valence-corrected chi connectivity index (χ3v) is 2.49. The van der Waals surface area contributed by atoms with Crippen molar-refractivity contribution < 1.29 is 33.3 Å². The van der Waals surface area contributed by atoms with Crippen LogP contribution in [-0.4, -0.2) is 49.1 Å². The van der Waals surface area contributed by atoms with Crippen molar-refractivity contribution >= 4 is 17.9 Å². The monoisotopic (exact) mass is 301 g/mol. The SMILES string of the molecule is CC(=O)OC1COC(N=[N+]=[N-])C(OC(C)=O)C1OC(C)=O. The number of esters is 3. The maximum absolute atomic E-state index is 11.2. The van der Waals surface area contributed by atoms with Gasteiger partial charge in [0, 0.05) is 25.7 Å². The molecule has 0 bridgehead atoms. The minimum Gasteiger partial charge on any atom is -0.456 e. The van der Waals surface area contributed by atoms with E-state index in [0.717, 1.165) is 13.8 Å². The lowest BCUT2D eigenvalue weighted by Gasteiger charge is -2.38. The predicted octanol–water partition coefficient (Wildman–Crippen LogP) is 0.448. The molecule has 4 unspecified atom stereocenters. The number of hydrogen-bond donors (Lipinski definition) is 0. The Balaban J connectivity index is 3.05. The third-order valence-electron chi connectivity index (χ3n) is 2.49. The first-order valence-corrected chi connectivity index (χ1v) is 6.02. The third kappa shape index (κ3) is 4.93. The Bertz CT molecular complexity index is 474. The lowest BCUT2D eigenvalue weighted by atomic mass is 10.0. The summed E-state index contributed by atoms with van der Waals surface area (Å²) < 4.78 is 20.2. The number of hydrogen-bond acceptors (Lipinski definition) is 8. The molecule has 1 fully saturated rings. The molecule has 10 heteroatoms. The van der Waals surface area contributed by atoms with Gasteiger partial charge in [0.25, 0.3) is 0 Å². The summed E-state index contributed by atoms with van der Waals surface area (Å²) in [7, 11) is 0. The van der Waals surface area contributed by atoms with E-state index in [0.29, 0.717) is 0 Å². The summed E-state index contributed by atoms with van der Waals surface area (Å²) in [6, 6.07) is 0. The number of nitrogens with zero attached hydrogens (tertiary/aromatic N) is 3. The minimum absolute atomic E-state index is 0.168. The van der Waals surface area contributed by atoms with E-state index in [2.05, 4.69) is 10.0 Å². The van der Waals surface area contributed by atoms with Gasteiger partial charge in [-0.2, -0.15) is 0 Å². The van der Waals surface area contributed by atoms with Crippen LogP contribution in [-0.2, 0) is 33.3 Å². The van der Waals surface area contributed by atoms with Gasteiger partial charge in [0.05, 0.1) is 6.61 Å². The number of rotatable bonds is 4. The first-order valence-electron chi connectivity index (χ1n) is 6.02. The highest BCUT2D eigenvalue weighted by Crippen LogP contribution is 2.25. The summed E-state index contributed by atoms with van der Waals surface area (Å²) in [5, 5.41) is 3.34. The molecule has 1 rings (SSSR count). The van der Waals surface area contributed by atoms with Gasteiger partial charge < -0.3 is 18.9 Å². The van der Waals surface area contributed by atoms with Crippen LogP contribution in [0.15, 0.2) is 5.11 Å². The molecule has 21 heavy (non-hydrogen) atoms. The van der Waals surface area contributed by atoms with Crippen molar-refractivity contribution in [2.24, 2.45) is 5.11 Å². The van der Waals surface area contributed by atoms with E-state index in [1.165, 1.54) is 6.92 Å². The second kappa shape index (κ2) is 7.46. The fourth-order valence-electron chi connectivity index (χ4n) is 1.87. The number of azide groups is 1. The molecule has 1 heterocycles.